The van der Waals surface area contributed by atoms with Crippen molar-refractivity contribution < 1.29 is 4.79 Å². The standard InChI is InChI=1S/C15H14BrN3OS/c1-10-9-21-15(17-10)18-14(20)5-7-19-6-4-11-2-3-12(16)8-13(11)19/h2-4,6,8-9H,5,7H2,1H3,(H,17,18,20). The van der Waals surface area contributed by atoms with Crippen molar-refractivity contribution in [3.8, 4) is 0 Å². The minimum atomic E-state index is -0.0128. The molecule has 21 heavy (non-hydrogen) atoms. The van der Waals surface area contributed by atoms with Gasteiger partial charge < -0.3 is 9.88 Å². The lowest BCUT2D eigenvalue weighted by Crippen LogP contribution is -2.14. The summed E-state index contributed by atoms with van der Waals surface area (Å²) < 4.78 is 3.13. The monoisotopic (exact) mass is 363 g/mol. The Balaban J connectivity index is 1.66. The molecule has 1 N–H and O–H groups in total. The molecule has 0 atom stereocenters. The third-order valence-electron chi connectivity index (χ3n) is 3.18. The van der Waals surface area contributed by atoms with Gasteiger partial charge >= 0.3 is 0 Å². The Bertz CT molecular complexity index is 793. The summed E-state index contributed by atoms with van der Waals surface area (Å²) in [7, 11) is 0. The number of carbonyl (C=O) groups excluding carboxylic acids is 1. The fourth-order valence-electron chi connectivity index (χ4n) is 2.17. The molecule has 0 radical (unpaired) electrons. The van der Waals surface area contributed by atoms with Gasteiger partial charge in [-0.2, -0.15) is 0 Å². The summed E-state index contributed by atoms with van der Waals surface area (Å²) >= 11 is 4.93. The number of amides is 1. The van der Waals surface area contributed by atoms with Gasteiger partial charge in [0, 0.05) is 34.5 Å². The van der Waals surface area contributed by atoms with Crippen LogP contribution in [0.5, 0.6) is 0 Å². The summed E-state index contributed by atoms with van der Waals surface area (Å²) in [6, 6.07) is 8.21. The molecule has 1 amide bonds. The summed E-state index contributed by atoms with van der Waals surface area (Å²) in [5.41, 5.74) is 2.05. The zero-order chi connectivity index (χ0) is 14.8. The van der Waals surface area contributed by atoms with Crippen LogP contribution in [-0.2, 0) is 11.3 Å². The molecule has 0 fully saturated rings. The van der Waals surface area contributed by atoms with E-state index in [-0.39, 0.29) is 5.91 Å². The van der Waals surface area contributed by atoms with Gasteiger partial charge in [-0.1, -0.05) is 22.0 Å². The van der Waals surface area contributed by atoms with E-state index >= 15 is 0 Å². The van der Waals surface area contributed by atoms with Crippen LogP contribution in [-0.4, -0.2) is 15.5 Å². The number of carbonyl (C=O) groups is 1. The quantitative estimate of drug-likeness (QED) is 0.754. The first-order valence-electron chi connectivity index (χ1n) is 6.58. The lowest BCUT2D eigenvalue weighted by Gasteiger charge is -2.06. The first kappa shape index (κ1) is 14.3. The first-order chi connectivity index (χ1) is 10.1. The molecular weight excluding hydrogens is 350 g/mol. The molecule has 2 heterocycles. The van der Waals surface area contributed by atoms with Crippen LogP contribution in [0.2, 0.25) is 0 Å². The molecule has 0 aliphatic carbocycles. The molecule has 108 valence electrons. The number of halogens is 1. The zero-order valence-corrected chi connectivity index (χ0v) is 13.9. The highest BCUT2D eigenvalue weighted by Gasteiger charge is 2.07. The minimum absolute atomic E-state index is 0.0128. The number of aromatic nitrogens is 2. The number of hydrogen-bond donors (Lipinski definition) is 1. The average Bonchev–Trinajstić information content (AvgIpc) is 3.03. The largest absolute Gasteiger partial charge is 0.347 e. The third kappa shape index (κ3) is 3.33. The summed E-state index contributed by atoms with van der Waals surface area (Å²) in [4.78, 5) is 16.2. The summed E-state index contributed by atoms with van der Waals surface area (Å²) in [5.74, 6) is -0.0128. The second-order valence-corrected chi connectivity index (χ2v) is 6.58. The van der Waals surface area contributed by atoms with E-state index in [0.29, 0.717) is 18.1 Å². The van der Waals surface area contributed by atoms with Crippen molar-refractivity contribution in [2.45, 2.75) is 19.9 Å². The van der Waals surface area contributed by atoms with Gasteiger partial charge in [0.25, 0.3) is 0 Å². The van der Waals surface area contributed by atoms with Gasteiger partial charge in [-0.05, 0) is 30.5 Å². The molecule has 3 rings (SSSR count). The molecule has 0 aliphatic rings. The number of benzene rings is 1. The summed E-state index contributed by atoms with van der Waals surface area (Å²) in [6.45, 7) is 2.56. The molecule has 1 aromatic carbocycles. The van der Waals surface area contributed by atoms with Crippen molar-refractivity contribution >= 4 is 49.2 Å². The van der Waals surface area contributed by atoms with Gasteiger partial charge in [-0.3, -0.25) is 4.79 Å². The van der Waals surface area contributed by atoms with E-state index in [1.807, 2.05) is 24.6 Å². The van der Waals surface area contributed by atoms with Crippen LogP contribution in [0.15, 0.2) is 40.3 Å². The molecule has 6 heteroatoms. The van der Waals surface area contributed by atoms with Crippen LogP contribution < -0.4 is 5.32 Å². The molecular formula is C15H14BrN3OS. The molecule has 4 nitrogen and oxygen atoms in total. The van der Waals surface area contributed by atoms with E-state index < -0.39 is 0 Å². The SMILES string of the molecule is Cc1csc(NC(=O)CCn2ccc3ccc(Br)cc32)n1. The van der Waals surface area contributed by atoms with Gasteiger partial charge in [0.2, 0.25) is 5.91 Å². The molecule has 0 saturated carbocycles. The van der Waals surface area contributed by atoms with Crippen molar-refractivity contribution in [1.29, 1.82) is 0 Å². The predicted octanol–water partition coefficient (Wildman–Crippen LogP) is 4.20. The van der Waals surface area contributed by atoms with E-state index in [4.69, 9.17) is 0 Å². The molecule has 0 spiro atoms. The summed E-state index contributed by atoms with van der Waals surface area (Å²) in [5, 5.41) is 6.59. The molecule has 0 aliphatic heterocycles. The van der Waals surface area contributed by atoms with Gasteiger partial charge in [-0.15, -0.1) is 11.3 Å². The lowest BCUT2D eigenvalue weighted by atomic mass is 10.2. The highest BCUT2D eigenvalue weighted by molar-refractivity contribution is 9.10. The van der Waals surface area contributed by atoms with Gasteiger partial charge in [-0.25, -0.2) is 4.98 Å². The van der Waals surface area contributed by atoms with Gasteiger partial charge in [0.1, 0.15) is 0 Å². The average molecular weight is 364 g/mol. The van der Waals surface area contributed by atoms with E-state index in [9.17, 15) is 4.79 Å². The van der Waals surface area contributed by atoms with E-state index in [2.05, 4.69) is 49.0 Å². The number of nitrogens with zero attached hydrogens (tertiary/aromatic N) is 2. The number of hydrogen-bond acceptors (Lipinski definition) is 3. The fourth-order valence-corrected chi connectivity index (χ4v) is 3.22. The third-order valence-corrected chi connectivity index (χ3v) is 4.55. The first-order valence-corrected chi connectivity index (χ1v) is 8.25. The van der Waals surface area contributed by atoms with Crippen molar-refractivity contribution in [2.24, 2.45) is 0 Å². The van der Waals surface area contributed by atoms with Crippen LogP contribution >= 0.6 is 27.3 Å². The van der Waals surface area contributed by atoms with E-state index in [1.54, 1.807) is 0 Å². The Morgan fingerprint density at radius 3 is 3.05 bits per heavy atom. The number of fused-ring (bicyclic) bond motifs is 1. The predicted molar refractivity (Wildman–Crippen MR) is 89.7 cm³/mol. The van der Waals surface area contributed by atoms with Crippen molar-refractivity contribution in [2.75, 3.05) is 5.32 Å². The highest BCUT2D eigenvalue weighted by atomic mass is 79.9. The second-order valence-electron chi connectivity index (χ2n) is 4.80. The smallest absolute Gasteiger partial charge is 0.227 e. The van der Waals surface area contributed by atoms with Crippen LogP contribution in [0.4, 0.5) is 5.13 Å². The van der Waals surface area contributed by atoms with E-state index in [0.717, 1.165) is 15.7 Å². The lowest BCUT2D eigenvalue weighted by molar-refractivity contribution is -0.116. The minimum Gasteiger partial charge on any atom is -0.347 e. The molecule has 2 aromatic heterocycles. The molecule has 3 aromatic rings. The maximum atomic E-state index is 12.0. The topological polar surface area (TPSA) is 46.9 Å². The van der Waals surface area contributed by atoms with Crippen LogP contribution in [0.1, 0.15) is 12.1 Å². The number of aryl methyl sites for hydroxylation is 2. The number of rotatable bonds is 4. The number of nitrogens with one attached hydrogen (secondary N) is 1. The Morgan fingerprint density at radius 2 is 2.29 bits per heavy atom. The Labute approximate surface area is 134 Å². The Morgan fingerprint density at radius 1 is 1.43 bits per heavy atom. The number of anilines is 1. The zero-order valence-electron chi connectivity index (χ0n) is 11.5. The van der Waals surface area contributed by atoms with Crippen LogP contribution in [0, 0.1) is 6.92 Å². The van der Waals surface area contributed by atoms with Crippen LogP contribution in [0.25, 0.3) is 10.9 Å². The fraction of sp³-hybridized carbons (Fsp3) is 0.200. The highest BCUT2D eigenvalue weighted by Crippen LogP contribution is 2.21. The Hall–Kier alpha value is -1.66. The van der Waals surface area contributed by atoms with Crippen LogP contribution in [0.3, 0.4) is 0 Å². The molecule has 0 saturated heterocycles. The van der Waals surface area contributed by atoms with Crippen molar-refractivity contribution in [3.63, 3.8) is 0 Å². The second kappa shape index (κ2) is 5.99. The maximum Gasteiger partial charge on any atom is 0.227 e. The van der Waals surface area contributed by atoms with Gasteiger partial charge in [0.15, 0.2) is 5.13 Å². The Kier molecular flexibility index (Phi) is 4.07. The molecule has 0 bridgehead atoms. The van der Waals surface area contributed by atoms with Crippen molar-refractivity contribution in [1.82, 2.24) is 9.55 Å². The molecule has 0 unspecified atom stereocenters. The summed E-state index contributed by atoms with van der Waals surface area (Å²) in [6.07, 6.45) is 2.44. The van der Waals surface area contributed by atoms with E-state index in [1.165, 1.54) is 16.7 Å². The van der Waals surface area contributed by atoms with Gasteiger partial charge in [0.05, 0.1) is 5.69 Å². The number of thiazole rings is 1. The normalized spacial score (nSPS) is 11.0. The van der Waals surface area contributed by atoms with Crippen molar-refractivity contribution in [3.05, 3.63) is 46.0 Å². The maximum absolute atomic E-state index is 12.0.